The largest absolute Gasteiger partial charge is 0.492 e. The van der Waals surface area contributed by atoms with Gasteiger partial charge < -0.3 is 15.4 Å². The zero-order chi connectivity index (χ0) is 14.8. The van der Waals surface area contributed by atoms with Gasteiger partial charge in [-0.3, -0.25) is 0 Å². The summed E-state index contributed by atoms with van der Waals surface area (Å²) < 4.78 is 28.2. The van der Waals surface area contributed by atoms with Gasteiger partial charge in [0.1, 0.15) is 17.3 Å². The number of nitrogen functional groups attached to an aromatic ring is 1. The molecule has 0 amide bonds. The molecule has 0 spiro atoms. The minimum absolute atomic E-state index is 0.0698. The molecule has 112 valence electrons. The molecule has 1 heterocycles. The Labute approximate surface area is 119 Å². The predicted octanol–water partition coefficient (Wildman–Crippen LogP) is 0.779. The Balaban J connectivity index is 2.02. The van der Waals surface area contributed by atoms with Crippen molar-refractivity contribution in [3.8, 4) is 5.75 Å². The van der Waals surface area contributed by atoms with Crippen LogP contribution in [0.5, 0.6) is 5.75 Å². The minimum atomic E-state index is -3.78. The molecule has 0 saturated carbocycles. The molecule has 0 bridgehead atoms. The maximum atomic E-state index is 11.3. The van der Waals surface area contributed by atoms with Gasteiger partial charge in [0.2, 0.25) is 10.0 Å². The number of hydrogen-bond donors (Lipinski definition) is 2. The fraction of sp³-hybridized carbons (Fsp3) is 0.538. The van der Waals surface area contributed by atoms with Crippen LogP contribution in [0.15, 0.2) is 23.1 Å². The minimum Gasteiger partial charge on any atom is -0.492 e. The number of sulfonamides is 1. The number of nitrogens with zero attached hydrogens (tertiary/aromatic N) is 1. The van der Waals surface area contributed by atoms with Crippen molar-refractivity contribution in [1.82, 2.24) is 4.90 Å². The molecule has 1 aliphatic rings. The summed E-state index contributed by atoms with van der Waals surface area (Å²) in [6, 6.07) is 4.86. The van der Waals surface area contributed by atoms with Crippen molar-refractivity contribution in [3.05, 3.63) is 18.2 Å². The molecular weight excluding hydrogens is 278 g/mol. The Morgan fingerprint density at radius 3 is 2.75 bits per heavy atom. The van der Waals surface area contributed by atoms with Crippen molar-refractivity contribution in [2.75, 3.05) is 25.9 Å². The van der Waals surface area contributed by atoms with Crippen molar-refractivity contribution >= 4 is 15.7 Å². The average molecular weight is 299 g/mol. The van der Waals surface area contributed by atoms with Crippen molar-refractivity contribution in [1.29, 1.82) is 0 Å². The molecule has 1 fully saturated rings. The summed E-state index contributed by atoms with van der Waals surface area (Å²) in [5, 5.41) is 5.06. The molecule has 1 aromatic rings. The fourth-order valence-electron chi connectivity index (χ4n) is 2.42. The van der Waals surface area contributed by atoms with Crippen molar-refractivity contribution in [2.45, 2.75) is 30.2 Å². The second-order valence-corrected chi connectivity index (χ2v) is 6.72. The molecule has 20 heavy (non-hydrogen) atoms. The number of benzene rings is 1. The van der Waals surface area contributed by atoms with Gasteiger partial charge in [0.15, 0.2) is 0 Å². The molecule has 1 saturated heterocycles. The number of piperidine rings is 1. The lowest BCUT2D eigenvalue weighted by molar-refractivity contribution is 0.125. The first-order valence-corrected chi connectivity index (χ1v) is 8.18. The van der Waals surface area contributed by atoms with Crippen LogP contribution in [-0.4, -0.2) is 39.6 Å². The van der Waals surface area contributed by atoms with Crippen molar-refractivity contribution in [2.24, 2.45) is 5.14 Å². The van der Waals surface area contributed by atoms with E-state index in [1.165, 1.54) is 25.0 Å². The zero-order valence-electron chi connectivity index (χ0n) is 11.6. The van der Waals surface area contributed by atoms with Gasteiger partial charge in [0, 0.05) is 12.1 Å². The topological polar surface area (TPSA) is 98.6 Å². The van der Waals surface area contributed by atoms with Crippen LogP contribution in [0.1, 0.15) is 19.3 Å². The van der Waals surface area contributed by atoms with E-state index in [1.807, 2.05) is 0 Å². The lowest BCUT2D eigenvalue weighted by Crippen LogP contribution is -2.40. The molecular formula is C13H21N3O3S. The fourth-order valence-corrected chi connectivity index (χ4v) is 3.07. The number of hydrogen-bond acceptors (Lipinski definition) is 5. The number of rotatable bonds is 4. The third kappa shape index (κ3) is 3.62. The molecule has 0 aliphatic carbocycles. The Bertz CT molecular complexity index is 574. The lowest BCUT2D eigenvalue weighted by Gasteiger charge is -2.32. The van der Waals surface area contributed by atoms with Crippen LogP contribution in [0.25, 0.3) is 0 Å². The van der Waals surface area contributed by atoms with E-state index in [0.29, 0.717) is 18.4 Å². The van der Waals surface area contributed by atoms with E-state index in [0.717, 1.165) is 13.0 Å². The molecule has 1 unspecified atom stereocenters. The average Bonchev–Trinajstić information content (AvgIpc) is 2.36. The number of likely N-dealkylation sites (N-methyl/N-ethyl adjacent to an activating group) is 1. The molecule has 0 radical (unpaired) electrons. The van der Waals surface area contributed by atoms with Crippen molar-refractivity contribution in [3.63, 3.8) is 0 Å². The normalized spacial score (nSPS) is 20.8. The highest BCUT2D eigenvalue weighted by molar-refractivity contribution is 7.89. The molecule has 1 aromatic carbocycles. The van der Waals surface area contributed by atoms with E-state index in [4.69, 9.17) is 15.6 Å². The van der Waals surface area contributed by atoms with E-state index >= 15 is 0 Å². The van der Waals surface area contributed by atoms with Gasteiger partial charge in [-0.15, -0.1) is 0 Å². The van der Waals surface area contributed by atoms with Gasteiger partial charge in [-0.05, 0) is 38.6 Å². The van der Waals surface area contributed by atoms with E-state index in [-0.39, 0.29) is 10.6 Å². The lowest BCUT2D eigenvalue weighted by atomic mass is 10.0. The second-order valence-electron chi connectivity index (χ2n) is 5.19. The zero-order valence-corrected chi connectivity index (χ0v) is 12.4. The van der Waals surface area contributed by atoms with Crippen LogP contribution >= 0.6 is 0 Å². The van der Waals surface area contributed by atoms with Gasteiger partial charge in [-0.1, -0.05) is 6.42 Å². The summed E-state index contributed by atoms with van der Waals surface area (Å²) in [6.45, 7) is 1.66. The van der Waals surface area contributed by atoms with E-state index in [9.17, 15) is 8.42 Å². The Hall–Kier alpha value is -1.31. The highest BCUT2D eigenvalue weighted by Crippen LogP contribution is 2.24. The second kappa shape index (κ2) is 5.99. The molecule has 2 rings (SSSR count). The third-order valence-corrected chi connectivity index (χ3v) is 4.64. The first kappa shape index (κ1) is 15.1. The van der Waals surface area contributed by atoms with Crippen LogP contribution in [0, 0.1) is 0 Å². The van der Waals surface area contributed by atoms with E-state index in [1.54, 1.807) is 6.07 Å². The van der Waals surface area contributed by atoms with Crippen LogP contribution in [0.4, 0.5) is 5.69 Å². The number of likely N-dealkylation sites (tertiary alicyclic amines) is 1. The van der Waals surface area contributed by atoms with E-state index < -0.39 is 10.0 Å². The van der Waals surface area contributed by atoms with Gasteiger partial charge in [0.25, 0.3) is 0 Å². The van der Waals surface area contributed by atoms with Crippen LogP contribution in [0.2, 0.25) is 0 Å². The van der Waals surface area contributed by atoms with Gasteiger partial charge in [-0.25, -0.2) is 13.6 Å². The smallest absolute Gasteiger partial charge is 0.240 e. The van der Waals surface area contributed by atoms with E-state index in [2.05, 4.69) is 11.9 Å². The van der Waals surface area contributed by atoms with Gasteiger partial charge >= 0.3 is 0 Å². The van der Waals surface area contributed by atoms with Crippen LogP contribution in [-0.2, 0) is 10.0 Å². The number of nitrogens with two attached hydrogens (primary N) is 2. The Kier molecular flexibility index (Phi) is 4.52. The van der Waals surface area contributed by atoms with Gasteiger partial charge in [-0.2, -0.15) is 0 Å². The Morgan fingerprint density at radius 2 is 2.15 bits per heavy atom. The summed E-state index contributed by atoms with van der Waals surface area (Å²) in [5.74, 6) is 0.564. The first-order valence-electron chi connectivity index (χ1n) is 6.63. The molecule has 1 aliphatic heterocycles. The summed E-state index contributed by atoms with van der Waals surface area (Å²) in [4.78, 5) is 2.21. The predicted molar refractivity (Wildman–Crippen MR) is 78.0 cm³/mol. The number of anilines is 1. The summed E-state index contributed by atoms with van der Waals surface area (Å²) in [6.07, 6.45) is 3.55. The van der Waals surface area contributed by atoms with Gasteiger partial charge in [0.05, 0.1) is 5.69 Å². The quantitative estimate of drug-likeness (QED) is 0.800. The summed E-state index contributed by atoms with van der Waals surface area (Å²) in [7, 11) is -1.69. The molecule has 4 N–H and O–H groups in total. The maximum absolute atomic E-state index is 11.3. The standard InChI is InChI=1S/C13H21N3O3S/c1-16-7-3-2-4-10(16)9-19-11-5-6-13(12(14)8-11)20(15,17)18/h5-6,8,10H,2-4,7,9,14H2,1H3,(H2,15,17,18). The summed E-state index contributed by atoms with van der Waals surface area (Å²) >= 11 is 0. The highest BCUT2D eigenvalue weighted by atomic mass is 32.2. The van der Waals surface area contributed by atoms with Crippen LogP contribution in [0.3, 0.4) is 0 Å². The highest BCUT2D eigenvalue weighted by Gasteiger charge is 2.19. The third-order valence-electron chi connectivity index (χ3n) is 3.65. The van der Waals surface area contributed by atoms with Crippen molar-refractivity contribution < 1.29 is 13.2 Å². The molecule has 0 aromatic heterocycles. The molecule has 1 atom stereocenters. The monoisotopic (exact) mass is 299 g/mol. The number of ether oxygens (including phenoxy) is 1. The van der Waals surface area contributed by atoms with Crippen LogP contribution < -0.4 is 15.6 Å². The maximum Gasteiger partial charge on any atom is 0.240 e. The summed E-state index contributed by atoms with van der Waals surface area (Å²) in [5.41, 5.74) is 5.81. The number of primary sulfonamides is 1. The molecule has 7 heteroatoms. The molecule has 6 nitrogen and oxygen atoms in total. The first-order chi connectivity index (χ1) is 9.38. The SMILES string of the molecule is CN1CCCCC1COc1ccc(S(N)(=O)=O)c(N)c1. The Morgan fingerprint density at radius 1 is 1.40 bits per heavy atom.